The number of hydrogen-bond acceptors (Lipinski definition) is 4. The Labute approximate surface area is 107 Å². The molecule has 0 aliphatic heterocycles. The Morgan fingerprint density at radius 2 is 2.16 bits per heavy atom. The summed E-state index contributed by atoms with van der Waals surface area (Å²) in [5, 5.41) is 16.9. The Bertz CT molecular complexity index is 716. The van der Waals surface area contributed by atoms with Gasteiger partial charge in [-0.15, -0.1) is 5.10 Å². The quantitative estimate of drug-likeness (QED) is 0.776. The van der Waals surface area contributed by atoms with E-state index in [9.17, 15) is 4.79 Å². The van der Waals surface area contributed by atoms with Crippen molar-refractivity contribution >= 4 is 5.97 Å². The topological polar surface area (TPSA) is 81.1 Å². The predicted molar refractivity (Wildman–Crippen MR) is 66.0 cm³/mol. The molecule has 3 rings (SSSR count). The Hall–Kier alpha value is -2.89. The minimum Gasteiger partial charge on any atom is -0.478 e. The van der Waals surface area contributed by atoms with Gasteiger partial charge in [0.1, 0.15) is 5.69 Å². The molecule has 0 saturated carbocycles. The van der Waals surface area contributed by atoms with Crippen LogP contribution in [-0.2, 0) is 0 Å². The SMILES string of the molecule is O=C(O)c1cccc(-n2cc(-c3ccco3)nn2)c1. The molecule has 0 aliphatic carbocycles. The number of aromatic nitrogens is 3. The lowest BCUT2D eigenvalue weighted by Crippen LogP contribution is -2.00. The fraction of sp³-hybridized carbons (Fsp3) is 0. The molecule has 0 bridgehead atoms. The first-order chi connectivity index (χ1) is 9.24. The lowest BCUT2D eigenvalue weighted by molar-refractivity contribution is 0.0697. The monoisotopic (exact) mass is 255 g/mol. The Kier molecular flexibility index (Phi) is 2.60. The van der Waals surface area contributed by atoms with Crippen molar-refractivity contribution in [1.82, 2.24) is 15.0 Å². The van der Waals surface area contributed by atoms with E-state index >= 15 is 0 Å². The maximum absolute atomic E-state index is 10.9. The number of rotatable bonds is 3. The van der Waals surface area contributed by atoms with Gasteiger partial charge in [-0.2, -0.15) is 0 Å². The van der Waals surface area contributed by atoms with Gasteiger partial charge in [-0.1, -0.05) is 11.3 Å². The lowest BCUT2D eigenvalue weighted by Gasteiger charge is -2.00. The highest BCUT2D eigenvalue weighted by atomic mass is 16.4. The van der Waals surface area contributed by atoms with E-state index in [1.165, 1.54) is 16.8 Å². The van der Waals surface area contributed by atoms with E-state index in [2.05, 4.69) is 10.3 Å². The molecule has 1 aromatic carbocycles. The molecule has 0 atom stereocenters. The predicted octanol–water partition coefficient (Wildman–Crippen LogP) is 2.23. The van der Waals surface area contributed by atoms with Gasteiger partial charge in [-0.3, -0.25) is 0 Å². The molecule has 0 spiro atoms. The van der Waals surface area contributed by atoms with Crippen LogP contribution in [-0.4, -0.2) is 26.1 Å². The first kappa shape index (κ1) is 11.2. The van der Waals surface area contributed by atoms with Gasteiger partial charge in [0.25, 0.3) is 0 Å². The fourth-order valence-corrected chi connectivity index (χ4v) is 1.71. The Morgan fingerprint density at radius 1 is 1.26 bits per heavy atom. The highest BCUT2D eigenvalue weighted by Gasteiger charge is 2.09. The summed E-state index contributed by atoms with van der Waals surface area (Å²) in [6.07, 6.45) is 3.24. The summed E-state index contributed by atoms with van der Waals surface area (Å²) in [6, 6.07) is 10.0. The third kappa shape index (κ3) is 2.11. The molecular weight excluding hydrogens is 246 g/mol. The second kappa shape index (κ2) is 4.41. The van der Waals surface area contributed by atoms with Gasteiger partial charge < -0.3 is 9.52 Å². The van der Waals surface area contributed by atoms with E-state index in [0.29, 0.717) is 17.1 Å². The zero-order valence-electron chi connectivity index (χ0n) is 9.72. The van der Waals surface area contributed by atoms with Gasteiger partial charge in [-0.05, 0) is 30.3 Å². The van der Waals surface area contributed by atoms with Gasteiger partial charge in [0.15, 0.2) is 5.76 Å². The molecule has 0 saturated heterocycles. The van der Waals surface area contributed by atoms with Crippen molar-refractivity contribution in [3.8, 4) is 17.1 Å². The molecule has 0 fully saturated rings. The van der Waals surface area contributed by atoms with Crippen molar-refractivity contribution in [2.75, 3.05) is 0 Å². The summed E-state index contributed by atoms with van der Waals surface area (Å²) in [7, 11) is 0. The summed E-state index contributed by atoms with van der Waals surface area (Å²) in [4.78, 5) is 10.9. The van der Waals surface area contributed by atoms with Crippen molar-refractivity contribution in [2.45, 2.75) is 0 Å². The van der Waals surface area contributed by atoms with Crippen molar-refractivity contribution in [2.24, 2.45) is 0 Å². The molecule has 6 heteroatoms. The molecular formula is C13H9N3O3. The first-order valence-corrected chi connectivity index (χ1v) is 5.54. The van der Waals surface area contributed by atoms with Crippen LogP contribution in [0.3, 0.4) is 0 Å². The number of carboxylic acid groups (broad SMARTS) is 1. The normalized spacial score (nSPS) is 10.5. The highest BCUT2D eigenvalue weighted by Crippen LogP contribution is 2.18. The first-order valence-electron chi connectivity index (χ1n) is 5.54. The van der Waals surface area contributed by atoms with Crippen LogP contribution in [0.2, 0.25) is 0 Å². The number of carbonyl (C=O) groups is 1. The van der Waals surface area contributed by atoms with Gasteiger partial charge in [0.2, 0.25) is 0 Å². The molecule has 0 aliphatic rings. The molecule has 6 nitrogen and oxygen atoms in total. The molecule has 1 N–H and O–H groups in total. The third-order valence-electron chi connectivity index (χ3n) is 2.62. The smallest absolute Gasteiger partial charge is 0.335 e. The minimum atomic E-state index is -0.978. The van der Waals surface area contributed by atoms with Gasteiger partial charge in [0, 0.05) is 0 Å². The lowest BCUT2D eigenvalue weighted by atomic mass is 10.2. The highest BCUT2D eigenvalue weighted by molar-refractivity contribution is 5.88. The van der Waals surface area contributed by atoms with E-state index < -0.39 is 5.97 Å². The summed E-state index contributed by atoms with van der Waals surface area (Å²) in [5.41, 5.74) is 1.42. The molecule has 0 amide bonds. The van der Waals surface area contributed by atoms with Crippen LogP contribution in [0.4, 0.5) is 0 Å². The molecule has 2 aromatic heterocycles. The second-order valence-electron chi connectivity index (χ2n) is 3.88. The molecule has 3 aromatic rings. The maximum Gasteiger partial charge on any atom is 0.335 e. The average molecular weight is 255 g/mol. The molecule has 0 unspecified atom stereocenters. The van der Waals surface area contributed by atoms with E-state index in [4.69, 9.17) is 9.52 Å². The zero-order chi connectivity index (χ0) is 13.2. The summed E-state index contributed by atoms with van der Waals surface area (Å²) in [6.45, 7) is 0. The van der Waals surface area contributed by atoms with Gasteiger partial charge in [-0.25, -0.2) is 9.48 Å². The number of furan rings is 1. The number of aromatic carboxylic acids is 1. The van der Waals surface area contributed by atoms with Crippen LogP contribution in [0.5, 0.6) is 0 Å². The minimum absolute atomic E-state index is 0.201. The van der Waals surface area contributed by atoms with E-state index in [-0.39, 0.29) is 5.56 Å². The molecule has 19 heavy (non-hydrogen) atoms. The maximum atomic E-state index is 10.9. The van der Waals surface area contributed by atoms with Gasteiger partial charge in [0.05, 0.1) is 23.7 Å². The molecule has 0 radical (unpaired) electrons. The summed E-state index contributed by atoms with van der Waals surface area (Å²) >= 11 is 0. The van der Waals surface area contributed by atoms with Gasteiger partial charge >= 0.3 is 5.97 Å². The van der Waals surface area contributed by atoms with Crippen molar-refractivity contribution in [3.63, 3.8) is 0 Å². The van der Waals surface area contributed by atoms with E-state index in [1.807, 2.05) is 0 Å². The van der Waals surface area contributed by atoms with Crippen molar-refractivity contribution in [1.29, 1.82) is 0 Å². The Morgan fingerprint density at radius 3 is 2.89 bits per heavy atom. The number of benzene rings is 1. The van der Waals surface area contributed by atoms with Crippen molar-refractivity contribution in [3.05, 3.63) is 54.4 Å². The number of hydrogen-bond donors (Lipinski definition) is 1. The van der Waals surface area contributed by atoms with E-state index in [0.717, 1.165) is 0 Å². The third-order valence-corrected chi connectivity index (χ3v) is 2.62. The van der Waals surface area contributed by atoms with Crippen LogP contribution in [0.1, 0.15) is 10.4 Å². The van der Waals surface area contributed by atoms with Crippen molar-refractivity contribution < 1.29 is 14.3 Å². The van der Waals surface area contributed by atoms with Crippen LogP contribution >= 0.6 is 0 Å². The van der Waals surface area contributed by atoms with Crippen LogP contribution in [0.25, 0.3) is 17.1 Å². The van der Waals surface area contributed by atoms with E-state index in [1.54, 1.807) is 36.7 Å². The molecule has 94 valence electrons. The number of nitrogens with zero attached hydrogens (tertiary/aromatic N) is 3. The largest absolute Gasteiger partial charge is 0.478 e. The van der Waals surface area contributed by atoms with Crippen LogP contribution in [0.15, 0.2) is 53.3 Å². The zero-order valence-corrected chi connectivity index (χ0v) is 9.72. The second-order valence-corrected chi connectivity index (χ2v) is 3.88. The fourth-order valence-electron chi connectivity index (χ4n) is 1.71. The number of carboxylic acids is 1. The standard InChI is InChI=1S/C13H9N3O3/c17-13(18)9-3-1-4-10(7-9)16-8-11(14-15-16)12-5-2-6-19-12/h1-8H,(H,17,18). The van der Waals surface area contributed by atoms with Crippen LogP contribution in [0, 0.1) is 0 Å². The van der Waals surface area contributed by atoms with Crippen LogP contribution < -0.4 is 0 Å². The summed E-state index contributed by atoms with van der Waals surface area (Å²) < 4.78 is 6.73. The average Bonchev–Trinajstić information content (AvgIpc) is 3.09. The Balaban J connectivity index is 1.99. The summed E-state index contributed by atoms with van der Waals surface area (Å²) in [5.74, 6) is -0.367. The molecule has 2 heterocycles.